The average Bonchev–Trinajstić information content (AvgIpc) is 2.36. The highest BCUT2D eigenvalue weighted by atomic mass is 35.5. The lowest BCUT2D eigenvalue weighted by atomic mass is 10.2. The third kappa shape index (κ3) is 4.72. The van der Waals surface area contributed by atoms with Gasteiger partial charge in [-0.05, 0) is 17.7 Å². The van der Waals surface area contributed by atoms with Crippen LogP contribution in [0.2, 0.25) is 10.0 Å². The third-order valence-electron chi connectivity index (χ3n) is 2.70. The van der Waals surface area contributed by atoms with Gasteiger partial charge in [0.25, 0.3) is 0 Å². The van der Waals surface area contributed by atoms with Gasteiger partial charge in [-0.3, -0.25) is 0 Å². The Bertz CT molecular complexity index is 621. The van der Waals surface area contributed by atoms with Crippen molar-refractivity contribution in [2.75, 3.05) is 13.6 Å². The molecule has 120 valence electrons. The number of rotatable bonds is 5. The predicted octanol–water partition coefficient (Wildman–Crippen LogP) is 3.03. The van der Waals surface area contributed by atoms with E-state index in [0.29, 0.717) is 9.87 Å². The van der Waals surface area contributed by atoms with Crippen molar-refractivity contribution < 1.29 is 21.6 Å². The summed E-state index contributed by atoms with van der Waals surface area (Å²) in [7, 11) is -3.14. The van der Waals surface area contributed by atoms with Crippen molar-refractivity contribution in [1.82, 2.24) is 4.31 Å². The molecule has 0 saturated carbocycles. The summed E-state index contributed by atoms with van der Waals surface area (Å²) in [5, 5.41) is -0.0524. The molecular formula is C11H13Cl2F3N2O2S. The summed E-state index contributed by atoms with van der Waals surface area (Å²) >= 11 is 11.7. The standard InChI is InChI=1S/C11H13Cl2F3N2O2S/c1-18(3-2-11(14,15)16)21(19,20)9-5-8(12)4-7(6-17)10(9)13/h4-5H,2-3,6,17H2,1H3. The fraction of sp³-hybridized carbons (Fsp3) is 0.455. The van der Waals surface area contributed by atoms with E-state index in [9.17, 15) is 21.6 Å². The number of benzene rings is 1. The van der Waals surface area contributed by atoms with Gasteiger partial charge in [0.2, 0.25) is 10.0 Å². The maximum atomic E-state index is 12.3. The second-order valence-corrected chi connectivity index (χ2v) is 7.10. The number of nitrogens with zero attached hydrogens (tertiary/aromatic N) is 1. The second-order valence-electron chi connectivity index (χ2n) is 4.27. The molecule has 4 nitrogen and oxygen atoms in total. The Morgan fingerprint density at radius 2 is 1.86 bits per heavy atom. The molecule has 0 fully saturated rings. The zero-order chi connectivity index (χ0) is 16.4. The molecule has 0 aliphatic rings. The lowest BCUT2D eigenvalue weighted by molar-refractivity contribution is -0.135. The summed E-state index contributed by atoms with van der Waals surface area (Å²) in [5.74, 6) is 0. The van der Waals surface area contributed by atoms with Crippen LogP contribution in [0, 0.1) is 0 Å². The van der Waals surface area contributed by atoms with Crippen LogP contribution in [0.15, 0.2) is 17.0 Å². The first-order chi connectivity index (χ1) is 9.49. The van der Waals surface area contributed by atoms with Crippen LogP contribution in [0.5, 0.6) is 0 Å². The van der Waals surface area contributed by atoms with E-state index in [4.69, 9.17) is 28.9 Å². The van der Waals surface area contributed by atoms with Gasteiger partial charge in [0, 0.05) is 25.2 Å². The van der Waals surface area contributed by atoms with Crippen LogP contribution in [0.4, 0.5) is 13.2 Å². The van der Waals surface area contributed by atoms with E-state index >= 15 is 0 Å². The molecule has 10 heteroatoms. The van der Waals surface area contributed by atoms with E-state index in [2.05, 4.69) is 0 Å². The average molecular weight is 365 g/mol. The Morgan fingerprint density at radius 1 is 1.29 bits per heavy atom. The molecule has 0 radical (unpaired) electrons. The Kier molecular flexibility index (Phi) is 5.91. The lowest BCUT2D eigenvalue weighted by Crippen LogP contribution is -2.31. The van der Waals surface area contributed by atoms with Crippen LogP contribution < -0.4 is 5.73 Å². The summed E-state index contributed by atoms with van der Waals surface area (Å²) in [4.78, 5) is -0.359. The Balaban J connectivity index is 3.16. The zero-order valence-corrected chi connectivity index (χ0v) is 13.2. The van der Waals surface area contributed by atoms with Crippen LogP contribution in [0.25, 0.3) is 0 Å². The van der Waals surface area contributed by atoms with Crippen LogP contribution in [-0.2, 0) is 16.6 Å². The Labute approximate surface area is 130 Å². The van der Waals surface area contributed by atoms with Gasteiger partial charge in [-0.2, -0.15) is 13.2 Å². The van der Waals surface area contributed by atoms with Crippen molar-refractivity contribution in [3.8, 4) is 0 Å². The van der Waals surface area contributed by atoms with Gasteiger partial charge >= 0.3 is 6.18 Å². The lowest BCUT2D eigenvalue weighted by Gasteiger charge is -2.19. The van der Waals surface area contributed by atoms with E-state index in [1.54, 1.807) is 0 Å². The van der Waals surface area contributed by atoms with Crippen molar-refractivity contribution in [3.05, 3.63) is 27.7 Å². The normalized spacial score (nSPS) is 13.0. The molecule has 2 N–H and O–H groups in total. The minimum Gasteiger partial charge on any atom is -0.326 e. The van der Waals surface area contributed by atoms with Crippen molar-refractivity contribution in [1.29, 1.82) is 0 Å². The minimum absolute atomic E-state index is 0.0474. The molecule has 0 amide bonds. The largest absolute Gasteiger partial charge is 0.390 e. The van der Waals surface area contributed by atoms with E-state index in [1.165, 1.54) is 6.07 Å². The summed E-state index contributed by atoms with van der Waals surface area (Å²) in [6.45, 7) is -0.763. The fourth-order valence-electron chi connectivity index (χ4n) is 1.53. The number of hydrogen-bond donors (Lipinski definition) is 1. The highest BCUT2D eigenvalue weighted by molar-refractivity contribution is 7.89. The fourth-order valence-corrected chi connectivity index (χ4v) is 3.61. The molecule has 0 aliphatic heterocycles. The first-order valence-electron chi connectivity index (χ1n) is 5.70. The zero-order valence-electron chi connectivity index (χ0n) is 10.9. The molecule has 0 atom stereocenters. The van der Waals surface area contributed by atoms with Gasteiger partial charge in [0.05, 0.1) is 11.4 Å². The smallest absolute Gasteiger partial charge is 0.326 e. The van der Waals surface area contributed by atoms with Crippen molar-refractivity contribution in [2.24, 2.45) is 5.73 Å². The maximum absolute atomic E-state index is 12.3. The molecule has 0 aliphatic carbocycles. The first-order valence-corrected chi connectivity index (χ1v) is 7.89. The van der Waals surface area contributed by atoms with Crippen LogP contribution >= 0.6 is 23.2 Å². The molecule has 0 spiro atoms. The van der Waals surface area contributed by atoms with Crippen molar-refractivity contribution >= 4 is 33.2 Å². The molecule has 0 heterocycles. The third-order valence-corrected chi connectivity index (χ3v) is 5.36. The summed E-state index contributed by atoms with van der Waals surface area (Å²) in [6.07, 6.45) is -5.71. The van der Waals surface area contributed by atoms with Gasteiger partial charge in [-0.15, -0.1) is 0 Å². The Hall–Kier alpha value is -0.540. The monoisotopic (exact) mass is 364 g/mol. The van der Waals surface area contributed by atoms with Crippen molar-refractivity contribution in [3.63, 3.8) is 0 Å². The van der Waals surface area contributed by atoms with E-state index in [-0.39, 0.29) is 21.5 Å². The van der Waals surface area contributed by atoms with Gasteiger partial charge in [-0.1, -0.05) is 23.2 Å². The summed E-state index contributed by atoms with van der Waals surface area (Å²) in [6, 6.07) is 2.49. The van der Waals surface area contributed by atoms with Crippen LogP contribution in [-0.4, -0.2) is 32.5 Å². The molecule has 21 heavy (non-hydrogen) atoms. The maximum Gasteiger partial charge on any atom is 0.390 e. The number of sulfonamides is 1. The van der Waals surface area contributed by atoms with E-state index in [0.717, 1.165) is 13.1 Å². The van der Waals surface area contributed by atoms with E-state index in [1.807, 2.05) is 0 Å². The van der Waals surface area contributed by atoms with Crippen LogP contribution in [0.1, 0.15) is 12.0 Å². The summed E-state index contributed by atoms with van der Waals surface area (Å²) < 4.78 is 61.7. The quantitative estimate of drug-likeness (QED) is 0.873. The highest BCUT2D eigenvalue weighted by Crippen LogP contribution is 2.31. The minimum atomic E-state index is -4.45. The SMILES string of the molecule is CN(CCC(F)(F)F)S(=O)(=O)c1cc(Cl)cc(CN)c1Cl. The molecule has 0 bridgehead atoms. The van der Waals surface area contributed by atoms with Crippen LogP contribution in [0.3, 0.4) is 0 Å². The molecule has 0 saturated heterocycles. The van der Waals surface area contributed by atoms with Gasteiger partial charge in [0.1, 0.15) is 4.90 Å². The molecular weight excluding hydrogens is 352 g/mol. The molecule has 0 unspecified atom stereocenters. The highest BCUT2D eigenvalue weighted by Gasteiger charge is 2.31. The van der Waals surface area contributed by atoms with Gasteiger partial charge in [-0.25, -0.2) is 12.7 Å². The van der Waals surface area contributed by atoms with Gasteiger partial charge < -0.3 is 5.73 Å². The first kappa shape index (κ1) is 18.5. The summed E-state index contributed by atoms with van der Waals surface area (Å²) in [5.41, 5.74) is 5.72. The molecule has 1 aromatic rings. The number of nitrogens with two attached hydrogens (primary N) is 1. The van der Waals surface area contributed by atoms with E-state index < -0.39 is 29.2 Å². The molecule has 1 aromatic carbocycles. The molecule has 0 aromatic heterocycles. The Morgan fingerprint density at radius 3 is 2.33 bits per heavy atom. The molecule has 1 rings (SSSR count). The topological polar surface area (TPSA) is 63.4 Å². The number of hydrogen-bond acceptors (Lipinski definition) is 3. The number of alkyl halides is 3. The van der Waals surface area contributed by atoms with Crippen molar-refractivity contribution in [2.45, 2.75) is 24.0 Å². The predicted molar refractivity (Wildman–Crippen MR) is 74.8 cm³/mol. The van der Waals surface area contributed by atoms with Gasteiger partial charge in [0.15, 0.2) is 0 Å². The second kappa shape index (κ2) is 6.70. The number of halogens is 5.